The molecular formula is C27H30O7. The maximum absolute atomic E-state index is 13.5. The minimum atomic E-state index is -1.03. The summed E-state index contributed by atoms with van der Waals surface area (Å²) in [6.45, 7) is 8.47. The third-order valence-corrected chi connectivity index (χ3v) is 8.98. The summed E-state index contributed by atoms with van der Waals surface area (Å²) in [6.07, 6.45) is 4.55. The highest BCUT2D eigenvalue weighted by molar-refractivity contribution is 6.03. The van der Waals surface area contributed by atoms with Crippen molar-refractivity contribution in [2.24, 2.45) is 22.7 Å². The lowest BCUT2D eigenvalue weighted by Crippen LogP contribution is -2.63. The first-order chi connectivity index (χ1) is 16.2. The number of fused-ring (bicyclic) bond motifs is 2. The van der Waals surface area contributed by atoms with Crippen LogP contribution in [0.3, 0.4) is 0 Å². The summed E-state index contributed by atoms with van der Waals surface area (Å²) < 4.78 is 22.7. The number of esters is 2. The number of ether oxygens (including phenoxy) is 3. The zero-order valence-corrected chi connectivity index (χ0v) is 20.2. The van der Waals surface area contributed by atoms with Gasteiger partial charge in [-0.15, -0.1) is 5.73 Å². The summed E-state index contributed by atoms with van der Waals surface area (Å²) in [5.74, 6) is -1.88. The highest BCUT2D eigenvalue weighted by atomic mass is 16.6. The fraction of sp³-hybridized carbons (Fsp3) is 0.556. The van der Waals surface area contributed by atoms with Crippen LogP contribution >= 0.6 is 0 Å². The fourth-order valence-electron chi connectivity index (χ4n) is 7.24. The molecule has 7 nitrogen and oxygen atoms in total. The van der Waals surface area contributed by atoms with Crippen molar-refractivity contribution in [2.75, 3.05) is 13.7 Å². The number of methoxy groups -OCH3 is 1. The maximum atomic E-state index is 13.5. The van der Waals surface area contributed by atoms with Crippen molar-refractivity contribution in [3.05, 3.63) is 52.7 Å². The molecule has 2 aliphatic heterocycles. The highest BCUT2D eigenvalue weighted by Gasteiger charge is 2.73. The monoisotopic (exact) mass is 466 g/mol. The van der Waals surface area contributed by atoms with Gasteiger partial charge in [0, 0.05) is 22.8 Å². The topological polar surface area (TPSA) is 92.0 Å². The molecule has 1 saturated carbocycles. The summed E-state index contributed by atoms with van der Waals surface area (Å²) in [5, 5.41) is 0. The van der Waals surface area contributed by atoms with E-state index in [9.17, 15) is 14.4 Å². The first-order valence-corrected chi connectivity index (χ1v) is 11.8. The Bertz CT molecular complexity index is 1150. The number of hydrogen-bond donors (Lipinski definition) is 0. The van der Waals surface area contributed by atoms with Crippen LogP contribution in [0.1, 0.15) is 52.0 Å². The number of furan rings is 1. The second-order valence-corrected chi connectivity index (χ2v) is 10.2. The molecule has 2 saturated heterocycles. The van der Waals surface area contributed by atoms with Gasteiger partial charge in [-0.1, -0.05) is 26.3 Å². The van der Waals surface area contributed by atoms with E-state index in [2.05, 4.69) is 26.5 Å². The SMILES string of the molecule is CC[C@H](/C(C)=C1\CO[C@@H]2[C@@H]3OC(=O)C4=C=CC(=O)[C@@](C)([C@H]43)[C@@H](CC(=O)OC)[C@]12C)c1ccoc1. The molecule has 0 unspecified atom stereocenters. The van der Waals surface area contributed by atoms with Crippen molar-refractivity contribution in [1.82, 2.24) is 0 Å². The zero-order chi connectivity index (χ0) is 24.4. The lowest BCUT2D eigenvalue weighted by molar-refractivity contribution is -0.182. The van der Waals surface area contributed by atoms with Gasteiger partial charge in [0.15, 0.2) is 5.78 Å². The molecule has 2 aliphatic carbocycles. The van der Waals surface area contributed by atoms with Gasteiger partial charge in [-0.3, -0.25) is 9.59 Å². The van der Waals surface area contributed by atoms with E-state index in [1.54, 1.807) is 12.5 Å². The van der Waals surface area contributed by atoms with Gasteiger partial charge in [0.2, 0.25) is 0 Å². The first-order valence-electron chi connectivity index (χ1n) is 11.8. The minimum absolute atomic E-state index is 0.0346. The van der Waals surface area contributed by atoms with E-state index < -0.39 is 46.8 Å². The molecule has 34 heavy (non-hydrogen) atoms. The third-order valence-electron chi connectivity index (χ3n) is 8.98. The molecule has 7 heteroatoms. The molecule has 4 aliphatic rings. The predicted molar refractivity (Wildman–Crippen MR) is 120 cm³/mol. The van der Waals surface area contributed by atoms with Gasteiger partial charge in [0.1, 0.15) is 12.2 Å². The molecular weight excluding hydrogens is 436 g/mol. The molecule has 0 spiro atoms. The Balaban J connectivity index is 1.72. The van der Waals surface area contributed by atoms with E-state index in [1.165, 1.54) is 13.2 Å². The van der Waals surface area contributed by atoms with Gasteiger partial charge in [-0.05, 0) is 36.5 Å². The van der Waals surface area contributed by atoms with Gasteiger partial charge in [0.05, 0.1) is 44.2 Å². The van der Waals surface area contributed by atoms with E-state index >= 15 is 0 Å². The molecule has 0 bridgehead atoms. The molecule has 7 atom stereocenters. The Morgan fingerprint density at radius 2 is 2.06 bits per heavy atom. The summed E-state index contributed by atoms with van der Waals surface area (Å²) in [4.78, 5) is 39.0. The first kappa shape index (κ1) is 22.9. The second-order valence-electron chi connectivity index (χ2n) is 10.2. The Morgan fingerprint density at radius 1 is 1.29 bits per heavy atom. The zero-order valence-electron chi connectivity index (χ0n) is 20.2. The molecule has 1 aromatic heterocycles. The van der Waals surface area contributed by atoms with Gasteiger partial charge < -0.3 is 18.6 Å². The molecule has 3 fully saturated rings. The van der Waals surface area contributed by atoms with Crippen molar-refractivity contribution in [2.45, 2.75) is 58.7 Å². The molecule has 1 aromatic rings. The smallest absolute Gasteiger partial charge is 0.342 e. The van der Waals surface area contributed by atoms with Crippen molar-refractivity contribution >= 4 is 17.7 Å². The average molecular weight is 467 g/mol. The summed E-state index contributed by atoms with van der Waals surface area (Å²) in [7, 11) is 1.35. The molecule has 0 radical (unpaired) electrons. The highest BCUT2D eigenvalue weighted by Crippen LogP contribution is 2.66. The number of hydrogen-bond acceptors (Lipinski definition) is 7. The van der Waals surface area contributed by atoms with Crippen LogP contribution in [0, 0.1) is 22.7 Å². The van der Waals surface area contributed by atoms with Crippen molar-refractivity contribution in [3.63, 3.8) is 0 Å². The molecule has 0 aromatic carbocycles. The molecule has 0 amide bonds. The quantitative estimate of drug-likeness (QED) is 0.369. The van der Waals surface area contributed by atoms with Crippen molar-refractivity contribution in [3.8, 4) is 0 Å². The lowest BCUT2D eigenvalue weighted by atomic mass is 9.45. The van der Waals surface area contributed by atoms with Gasteiger partial charge in [0.25, 0.3) is 0 Å². The molecule has 3 heterocycles. The number of allylic oxidation sites excluding steroid dienone is 1. The number of carbonyl (C=O) groups is 3. The van der Waals surface area contributed by atoms with Crippen LogP contribution in [-0.2, 0) is 28.6 Å². The Hall–Kier alpha value is -2.89. The molecule has 180 valence electrons. The number of carbonyl (C=O) groups excluding carboxylic acids is 3. The number of ketones is 1. The van der Waals surface area contributed by atoms with Gasteiger partial charge >= 0.3 is 11.9 Å². The fourth-order valence-corrected chi connectivity index (χ4v) is 7.24. The van der Waals surface area contributed by atoms with Crippen LogP contribution in [0.2, 0.25) is 0 Å². The van der Waals surface area contributed by atoms with Gasteiger partial charge in [-0.25, -0.2) is 4.79 Å². The summed E-state index contributed by atoms with van der Waals surface area (Å²) in [6, 6.07) is 1.96. The van der Waals surface area contributed by atoms with E-state index in [0.717, 1.165) is 23.1 Å². The second kappa shape index (κ2) is 7.82. The van der Waals surface area contributed by atoms with Crippen LogP contribution in [0.5, 0.6) is 0 Å². The van der Waals surface area contributed by atoms with E-state index in [-0.39, 0.29) is 18.1 Å². The van der Waals surface area contributed by atoms with Crippen LogP contribution in [-0.4, -0.2) is 43.6 Å². The summed E-state index contributed by atoms with van der Waals surface area (Å²) >= 11 is 0. The van der Waals surface area contributed by atoms with Crippen LogP contribution in [0.25, 0.3) is 0 Å². The van der Waals surface area contributed by atoms with E-state index in [0.29, 0.717) is 12.2 Å². The van der Waals surface area contributed by atoms with Crippen LogP contribution in [0.15, 0.2) is 51.5 Å². The molecule has 0 N–H and O–H groups in total. The van der Waals surface area contributed by atoms with Crippen molar-refractivity contribution in [1.29, 1.82) is 0 Å². The summed E-state index contributed by atoms with van der Waals surface area (Å²) in [5.41, 5.74) is 4.73. The van der Waals surface area contributed by atoms with E-state index in [1.807, 2.05) is 13.0 Å². The van der Waals surface area contributed by atoms with Gasteiger partial charge in [-0.2, -0.15) is 0 Å². The number of rotatable bonds is 5. The average Bonchev–Trinajstić information content (AvgIpc) is 3.53. The largest absolute Gasteiger partial charge is 0.472 e. The van der Waals surface area contributed by atoms with E-state index in [4.69, 9.17) is 18.6 Å². The predicted octanol–water partition coefficient (Wildman–Crippen LogP) is 3.90. The van der Waals surface area contributed by atoms with Crippen molar-refractivity contribution < 1.29 is 33.0 Å². The minimum Gasteiger partial charge on any atom is -0.472 e. The Morgan fingerprint density at radius 3 is 2.71 bits per heavy atom. The normalized spacial score (nSPS) is 38.1. The Kier molecular flexibility index (Phi) is 5.26. The third kappa shape index (κ3) is 2.83. The maximum Gasteiger partial charge on any atom is 0.342 e. The Labute approximate surface area is 198 Å². The molecule has 5 rings (SSSR count). The standard InChI is InChI=1S/C27H30O7/c1-6-16(15-9-10-32-12-15)14(2)18-13-33-24-23-22-17(25(30)34-23)7-8-20(28)27(22,4)19(26(18,24)3)11-21(29)31-5/h8-10,12,16,19,22-24H,6,11,13H2,1-5H3/b18-14+/t16-,19+,22-,23-,24-,26+,27+/m1/s1. The van der Waals surface area contributed by atoms with Crippen LogP contribution in [0.4, 0.5) is 0 Å². The van der Waals surface area contributed by atoms with Crippen LogP contribution < -0.4 is 0 Å². The lowest BCUT2D eigenvalue weighted by Gasteiger charge is -2.56.